The maximum Gasteiger partial charge on any atom is 0.410 e. The Hall–Kier alpha value is -0.930. The van der Waals surface area contributed by atoms with Crippen molar-refractivity contribution >= 4 is 56.5 Å². The van der Waals surface area contributed by atoms with Crippen molar-refractivity contribution in [1.82, 2.24) is 15.4 Å². The largest absolute Gasteiger partial charge is 0.439 e. The van der Waals surface area contributed by atoms with Crippen molar-refractivity contribution in [2.45, 2.75) is 12.8 Å². The van der Waals surface area contributed by atoms with E-state index >= 15 is 0 Å². The van der Waals surface area contributed by atoms with E-state index in [-0.39, 0.29) is 42.4 Å². The van der Waals surface area contributed by atoms with Crippen LogP contribution in [0.2, 0.25) is 0 Å². The first kappa shape index (κ1) is 17.1. The molecule has 0 heterocycles. The van der Waals surface area contributed by atoms with Gasteiger partial charge in [-0.05, 0) is 22.6 Å². The van der Waals surface area contributed by atoms with Gasteiger partial charge in [0.25, 0.3) is 0 Å². The van der Waals surface area contributed by atoms with E-state index in [4.69, 9.17) is 4.74 Å². The van der Waals surface area contributed by atoms with E-state index in [1.54, 1.807) is 0 Å². The van der Waals surface area contributed by atoms with Gasteiger partial charge in [-0.3, -0.25) is 9.59 Å². The van der Waals surface area contributed by atoms with Gasteiger partial charge in [-0.15, -0.1) is 0 Å². The van der Waals surface area contributed by atoms with Gasteiger partial charge < -0.3 is 20.1 Å². The molecule has 100 valence electrons. The Morgan fingerprint density at radius 1 is 1.06 bits per heavy atom. The molecule has 0 aromatic heterocycles. The molecule has 0 aromatic rings. The van der Waals surface area contributed by atoms with Crippen molar-refractivity contribution in [2.24, 2.45) is 0 Å². The molecule has 0 atom stereocenters. The molecule has 18 heavy (non-hydrogen) atoms. The molecule has 0 aliphatic carbocycles. The van der Waals surface area contributed by atoms with Gasteiger partial charge in [-0.1, -0.05) is 0 Å². The number of hydrogen-bond donors (Lipinski definition) is 2. The molecule has 7 nitrogen and oxygen atoms in total. The average molecular weight is 367 g/mol. The predicted octanol–water partition coefficient (Wildman–Crippen LogP) is -2.07. The van der Waals surface area contributed by atoms with Gasteiger partial charge in [0.2, 0.25) is 27.8 Å². The summed E-state index contributed by atoms with van der Waals surface area (Å²) < 4.78 is 5.08. The van der Waals surface area contributed by atoms with E-state index in [2.05, 4.69) is 10.5 Å². The lowest BCUT2D eigenvalue weighted by molar-refractivity contribution is -0.119. The molecule has 3 amide bonds. The molecule has 10 heteroatoms. The van der Waals surface area contributed by atoms with Crippen LogP contribution in [0.3, 0.4) is 0 Å². The maximum atomic E-state index is 11.6. The summed E-state index contributed by atoms with van der Waals surface area (Å²) in [7, 11) is 3.06. The maximum absolute atomic E-state index is 11.6. The number of nitrogens with one attached hydrogen (secondary N) is 2. The summed E-state index contributed by atoms with van der Waals surface area (Å²) in [6, 6.07) is 0. The molecule has 0 rings (SSSR count). The number of carbonyl (C=O) groups excluding carboxylic acids is 3. The lowest BCUT2D eigenvalue weighted by atomic mass is 10.3. The molecule has 0 saturated carbocycles. The van der Waals surface area contributed by atoms with Gasteiger partial charge in [0.15, 0.2) is 0 Å². The minimum absolute atomic E-state index is 0.165. The highest BCUT2D eigenvalue weighted by molar-refractivity contribution is 14.1. The summed E-state index contributed by atoms with van der Waals surface area (Å²) in [6.45, 7) is 0.457. The van der Waals surface area contributed by atoms with Crippen LogP contribution in [0.5, 0.6) is 0 Å². The van der Waals surface area contributed by atoms with Crippen molar-refractivity contribution in [3.05, 3.63) is 0 Å². The first-order chi connectivity index (χ1) is 8.54. The zero-order valence-corrected chi connectivity index (χ0v) is 12.7. The van der Waals surface area contributed by atoms with Crippen molar-refractivity contribution in [2.75, 3.05) is 17.7 Å². The fraction of sp³-hybridized carbons (Fsp3) is 0.625. The monoisotopic (exact) mass is 367 g/mol. The Morgan fingerprint density at radius 2 is 1.50 bits per heavy atom. The highest BCUT2D eigenvalue weighted by Gasteiger charge is 2.16. The number of nitrogens with zero attached hydrogens (tertiary/aromatic N) is 1. The minimum atomic E-state index is -0.516. The van der Waals surface area contributed by atoms with Crippen molar-refractivity contribution in [1.29, 1.82) is 0 Å². The third-order valence-corrected chi connectivity index (χ3v) is 2.52. The molecule has 2 N–H and O–H groups in total. The summed E-state index contributed by atoms with van der Waals surface area (Å²) >= 11 is 1.91. The molecule has 0 fully saturated rings. The van der Waals surface area contributed by atoms with Crippen LogP contribution in [0.4, 0.5) is 4.79 Å². The Bertz CT molecular complexity index is 286. The first-order valence-electron chi connectivity index (χ1n) is 5.44. The van der Waals surface area contributed by atoms with E-state index < -0.39 is 6.09 Å². The Labute approximate surface area is 121 Å². The van der Waals surface area contributed by atoms with Gasteiger partial charge in [0.05, 0.1) is 0 Å². The van der Waals surface area contributed by atoms with E-state index in [1.165, 1.54) is 20.9 Å². The number of alkyl halides is 1. The minimum Gasteiger partial charge on any atom is -0.439 e. The van der Waals surface area contributed by atoms with Crippen molar-refractivity contribution < 1.29 is 19.1 Å². The zero-order valence-electron chi connectivity index (χ0n) is 10.5. The summed E-state index contributed by atoms with van der Waals surface area (Å²) in [5, 5.41) is 4.94. The third-order valence-electron chi connectivity index (χ3n) is 2.21. The van der Waals surface area contributed by atoms with Crippen LogP contribution in [0, 0.1) is 0 Å². The van der Waals surface area contributed by atoms with Gasteiger partial charge in [-0.2, -0.15) is 0 Å². The molecule has 0 spiro atoms. The normalized spacial score (nSPS) is 9.39. The van der Waals surface area contributed by atoms with Gasteiger partial charge in [-0.25, -0.2) is 4.79 Å². The molecule has 0 aliphatic heterocycles. The fourth-order valence-electron chi connectivity index (χ4n) is 1.16. The highest BCUT2D eigenvalue weighted by atomic mass is 127. The second-order valence-electron chi connectivity index (χ2n) is 3.35. The van der Waals surface area contributed by atoms with E-state index in [9.17, 15) is 14.4 Å². The smallest absolute Gasteiger partial charge is 0.410 e. The quantitative estimate of drug-likeness (QED) is 0.308. The van der Waals surface area contributed by atoms with Gasteiger partial charge >= 0.3 is 6.09 Å². The van der Waals surface area contributed by atoms with Crippen LogP contribution in [-0.2, 0) is 14.3 Å². The molecule has 0 unspecified atom stereocenters. The molecule has 0 aliphatic rings. The van der Waals surface area contributed by atoms with E-state index in [1.807, 2.05) is 22.6 Å². The first-order valence-corrected chi connectivity index (χ1v) is 6.96. The molecular formula is C8H16B2IN3O4. The topological polar surface area (TPSA) is 87.7 Å². The summed E-state index contributed by atoms with van der Waals surface area (Å²) in [4.78, 5) is 35.2. The molecule has 0 radical (unpaired) electrons. The Balaban J connectivity index is 4.28. The number of carbonyl (C=O) groups is 3. The average Bonchev–Trinajstić information content (AvgIpc) is 2.37. The number of rotatable bonds is 7. The Morgan fingerprint density at radius 3 is 1.83 bits per heavy atom. The lowest BCUT2D eigenvalue weighted by Gasteiger charge is -2.20. The number of halogens is 1. The SMILES string of the molecule is BNC(=O)CCN(CCC(=O)NB)C(=O)OCI. The number of hydrogen-bond acceptors (Lipinski definition) is 4. The molecule has 0 aromatic carbocycles. The third kappa shape index (κ3) is 7.41. The molecular weight excluding hydrogens is 351 g/mol. The highest BCUT2D eigenvalue weighted by Crippen LogP contribution is 2.00. The molecule has 0 bridgehead atoms. The zero-order chi connectivity index (χ0) is 14.0. The Kier molecular flexibility index (Phi) is 9.52. The van der Waals surface area contributed by atoms with Crippen LogP contribution in [0.1, 0.15) is 12.8 Å². The van der Waals surface area contributed by atoms with Crippen LogP contribution in [0.15, 0.2) is 0 Å². The van der Waals surface area contributed by atoms with Crippen molar-refractivity contribution in [3.8, 4) is 0 Å². The standard InChI is InChI=1S/C8H16B2IN3O4/c9-12-6(15)1-3-14(8(17)18-5-11)4-2-7(16)13-10/h1-5,9-10H2,(H,12,15)(H,13,16). The van der Waals surface area contributed by atoms with Crippen LogP contribution < -0.4 is 10.5 Å². The van der Waals surface area contributed by atoms with Crippen LogP contribution in [-0.4, -0.2) is 56.5 Å². The van der Waals surface area contributed by atoms with Crippen LogP contribution >= 0.6 is 22.6 Å². The lowest BCUT2D eigenvalue weighted by Crippen LogP contribution is -2.37. The molecule has 0 saturated heterocycles. The van der Waals surface area contributed by atoms with Gasteiger partial charge in [0, 0.05) is 25.9 Å². The second kappa shape index (κ2) is 10.0. The second-order valence-corrected chi connectivity index (χ2v) is 3.98. The summed E-state index contributed by atoms with van der Waals surface area (Å²) in [5.41, 5.74) is 0. The predicted molar refractivity (Wildman–Crippen MR) is 79.5 cm³/mol. The van der Waals surface area contributed by atoms with E-state index in [0.717, 1.165) is 0 Å². The number of amides is 3. The van der Waals surface area contributed by atoms with Crippen molar-refractivity contribution in [3.63, 3.8) is 0 Å². The van der Waals surface area contributed by atoms with E-state index in [0.29, 0.717) is 0 Å². The van der Waals surface area contributed by atoms with Gasteiger partial charge in [0.1, 0.15) is 4.61 Å². The number of ether oxygens (including phenoxy) is 1. The van der Waals surface area contributed by atoms with Crippen LogP contribution in [0.25, 0.3) is 0 Å². The fourth-order valence-corrected chi connectivity index (χ4v) is 1.42. The summed E-state index contributed by atoms with van der Waals surface area (Å²) in [6.07, 6.45) is -0.154. The summed E-state index contributed by atoms with van der Waals surface area (Å²) in [5.74, 6) is -0.329.